The molecule has 0 saturated heterocycles. The molecule has 2 N–H and O–H groups in total. The van der Waals surface area contributed by atoms with Gasteiger partial charge >= 0.3 is 5.97 Å². The number of carboxylic acids is 1. The summed E-state index contributed by atoms with van der Waals surface area (Å²) in [7, 11) is 1.58. The Balaban J connectivity index is 2.33. The second-order valence-corrected chi connectivity index (χ2v) is 5.32. The van der Waals surface area contributed by atoms with Crippen LogP contribution in [0.3, 0.4) is 0 Å². The Hall–Kier alpha value is -2.38. The van der Waals surface area contributed by atoms with E-state index in [2.05, 4.69) is 10.4 Å². The number of anilines is 1. The average Bonchev–Trinajstić information content (AvgIpc) is 2.52. The Kier molecular flexibility index (Phi) is 5.36. The van der Waals surface area contributed by atoms with Gasteiger partial charge in [0.05, 0.1) is 29.7 Å². The Morgan fingerprint density at radius 1 is 1.43 bits per heavy atom. The van der Waals surface area contributed by atoms with E-state index in [-0.39, 0.29) is 16.6 Å². The number of hydrogen-bond donors (Lipinski definition) is 2. The van der Waals surface area contributed by atoms with Gasteiger partial charge in [-0.25, -0.2) is 4.79 Å². The Morgan fingerprint density at radius 3 is 2.65 bits per heavy atom. The van der Waals surface area contributed by atoms with Crippen LogP contribution in [-0.2, 0) is 4.74 Å². The van der Waals surface area contributed by atoms with Gasteiger partial charge in [0.15, 0.2) is 0 Å². The fourth-order valence-corrected chi connectivity index (χ4v) is 2.20. The second kappa shape index (κ2) is 7.26. The largest absolute Gasteiger partial charge is 0.478 e. The fourth-order valence-electron chi connectivity index (χ4n) is 2.02. The van der Waals surface area contributed by atoms with Crippen molar-refractivity contribution in [3.63, 3.8) is 0 Å². The van der Waals surface area contributed by atoms with Crippen molar-refractivity contribution in [3.05, 3.63) is 51.4 Å². The third-order valence-electron chi connectivity index (χ3n) is 3.10. The maximum atomic E-state index is 12.3. The lowest BCUT2D eigenvalue weighted by Crippen LogP contribution is -2.26. The van der Waals surface area contributed by atoms with Crippen LogP contribution in [0, 0.1) is 0 Å². The van der Waals surface area contributed by atoms with Crippen molar-refractivity contribution < 1.29 is 14.6 Å². The van der Waals surface area contributed by atoms with Crippen molar-refractivity contribution in [2.75, 3.05) is 19.0 Å². The Bertz CT molecular complexity index is 758. The third-order valence-corrected chi connectivity index (χ3v) is 3.46. The summed E-state index contributed by atoms with van der Waals surface area (Å²) in [5, 5.41) is 16.0. The second-order valence-electron chi connectivity index (χ2n) is 4.94. The lowest BCUT2D eigenvalue weighted by molar-refractivity contribution is 0.0697. The van der Waals surface area contributed by atoms with E-state index >= 15 is 0 Å². The molecule has 1 aromatic carbocycles. The van der Waals surface area contributed by atoms with E-state index < -0.39 is 11.5 Å². The van der Waals surface area contributed by atoms with Crippen LogP contribution in [0.15, 0.2) is 35.3 Å². The molecule has 122 valence electrons. The fraction of sp³-hybridized carbons (Fsp3) is 0.267. The highest BCUT2D eigenvalue weighted by Gasteiger charge is 2.13. The zero-order valence-corrected chi connectivity index (χ0v) is 13.4. The quantitative estimate of drug-likeness (QED) is 0.837. The van der Waals surface area contributed by atoms with Crippen LogP contribution in [0.4, 0.5) is 5.69 Å². The lowest BCUT2D eigenvalue weighted by Gasteiger charge is -2.15. The molecule has 0 spiro atoms. The summed E-state index contributed by atoms with van der Waals surface area (Å²) in [6.07, 6.45) is 1.45. The van der Waals surface area contributed by atoms with Crippen LogP contribution in [-0.4, -0.2) is 40.6 Å². The zero-order chi connectivity index (χ0) is 17.0. The van der Waals surface area contributed by atoms with E-state index in [1.165, 1.54) is 30.5 Å². The number of carboxylic acid groups (broad SMARTS) is 1. The highest BCUT2D eigenvalue weighted by Crippen LogP contribution is 2.18. The number of benzene rings is 1. The molecule has 1 unspecified atom stereocenters. The van der Waals surface area contributed by atoms with Crippen molar-refractivity contribution in [2.45, 2.75) is 13.0 Å². The third kappa shape index (κ3) is 3.88. The first kappa shape index (κ1) is 17.0. The summed E-state index contributed by atoms with van der Waals surface area (Å²) in [6.45, 7) is 2.34. The number of rotatable bonds is 6. The van der Waals surface area contributed by atoms with E-state index in [0.29, 0.717) is 18.0 Å². The van der Waals surface area contributed by atoms with Gasteiger partial charge in [-0.05, 0) is 31.2 Å². The van der Waals surface area contributed by atoms with E-state index in [9.17, 15) is 9.59 Å². The van der Waals surface area contributed by atoms with Gasteiger partial charge in [-0.15, -0.1) is 0 Å². The maximum Gasteiger partial charge on any atom is 0.335 e. The van der Waals surface area contributed by atoms with Gasteiger partial charge in [-0.3, -0.25) is 4.79 Å². The average molecular weight is 338 g/mol. The van der Waals surface area contributed by atoms with E-state index in [0.717, 1.165) is 4.68 Å². The smallest absolute Gasteiger partial charge is 0.335 e. The monoisotopic (exact) mass is 337 g/mol. The zero-order valence-electron chi connectivity index (χ0n) is 12.6. The number of halogens is 1. The number of methoxy groups -OCH3 is 1. The minimum absolute atomic E-state index is 0.00487. The number of nitrogens with one attached hydrogen (secondary N) is 1. The molecule has 0 bridgehead atoms. The molecular formula is C15H16ClN3O4. The molecule has 1 heterocycles. The summed E-state index contributed by atoms with van der Waals surface area (Å²) < 4.78 is 6.12. The van der Waals surface area contributed by atoms with Crippen LogP contribution in [0.25, 0.3) is 5.69 Å². The molecule has 0 aliphatic heterocycles. The molecule has 0 aliphatic carbocycles. The molecule has 0 amide bonds. The Morgan fingerprint density at radius 2 is 2.09 bits per heavy atom. The highest BCUT2D eigenvalue weighted by molar-refractivity contribution is 6.32. The van der Waals surface area contributed by atoms with Crippen molar-refractivity contribution in [1.29, 1.82) is 0 Å². The number of carbonyl (C=O) groups is 1. The van der Waals surface area contributed by atoms with Crippen LogP contribution in [0.1, 0.15) is 17.3 Å². The number of aromatic nitrogens is 2. The molecule has 0 radical (unpaired) electrons. The standard InChI is InChI=1S/C15H16ClN3O4/c1-9(8-23-2)18-12-7-17-19(14(20)13(12)16)11-5-3-10(4-6-11)15(21)22/h3-7,9,18H,8H2,1-2H3,(H,21,22). The van der Waals surface area contributed by atoms with Crippen LogP contribution < -0.4 is 10.9 Å². The lowest BCUT2D eigenvalue weighted by atomic mass is 10.2. The predicted octanol–water partition coefficient (Wildman–Crippen LogP) is 2.03. The van der Waals surface area contributed by atoms with Gasteiger partial charge in [0.2, 0.25) is 0 Å². The SMILES string of the molecule is COCC(C)Nc1cnn(-c2ccc(C(=O)O)cc2)c(=O)c1Cl. The molecule has 0 fully saturated rings. The molecule has 2 aromatic rings. The van der Waals surface area contributed by atoms with Crippen LogP contribution in [0.5, 0.6) is 0 Å². The minimum Gasteiger partial charge on any atom is -0.478 e. The summed E-state index contributed by atoms with van der Waals surface area (Å²) in [5.41, 5.74) is 0.474. The van der Waals surface area contributed by atoms with Crippen molar-refractivity contribution in [2.24, 2.45) is 0 Å². The van der Waals surface area contributed by atoms with Crippen LogP contribution in [0.2, 0.25) is 5.02 Å². The number of aromatic carboxylic acids is 1. The first-order valence-electron chi connectivity index (χ1n) is 6.81. The molecular weight excluding hydrogens is 322 g/mol. The van der Waals surface area contributed by atoms with Gasteiger partial charge in [-0.2, -0.15) is 9.78 Å². The summed E-state index contributed by atoms with van der Waals surface area (Å²) in [6, 6.07) is 5.74. The predicted molar refractivity (Wildman–Crippen MR) is 86.8 cm³/mol. The summed E-state index contributed by atoms with van der Waals surface area (Å²) in [5.74, 6) is -1.04. The topological polar surface area (TPSA) is 93.4 Å². The normalized spacial score (nSPS) is 12.0. The van der Waals surface area contributed by atoms with Gasteiger partial charge in [0.25, 0.3) is 5.56 Å². The molecule has 2 rings (SSSR count). The van der Waals surface area contributed by atoms with E-state index in [1.54, 1.807) is 7.11 Å². The summed E-state index contributed by atoms with van der Waals surface area (Å²) >= 11 is 6.10. The van der Waals surface area contributed by atoms with Crippen molar-refractivity contribution in [1.82, 2.24) is 9.78 Å². The van der Waals surface area contributed by atoms with E-state index in [1.807, 2.05) is 6.92 Å². The molecule has 1 atom stereocenters. The maximum absolute atomic E-state index is 12.3. The molecule has 7 nitrogen and oxygen atoms in total. The van der Waals surface area contributed by atoms with Crippen molar-refractivity contribution >= 4 is 23.3 Å². The molecule has 23 heavy (non-hydrogen) atoms. The van der Waals surface area contributed by atoms with Gasteiger partial charge < -0.3 is 15.2 Å². The van der Waals surface area contributed by atoms with Crippen LogP contribution >= 0.6 is 11.6 Å². The molecule has 0 saturated carbocycles. The number of hydrogen-bond acceptors (Lipinski definition) is 5. The first-order valence-corrected chi connectivity index (χ1v) is 7.19. The van der Waals surface area contributed by atoms with Gasteiger partial charge in [0.1, 0.15) is 5.02 Å². The number of ether oxygens (including phenoxy) is 1. The summed E-state index contributed by atoms with van der Waals surface area (Å²) in [4.78, 5) is 23.2. The van der Waals surface area contributed by atoms with Gasteiger partial charge in [0, 0.05) is 13.2 Å². The molecule has 1 aromatic heterocycles. The highest BCUT2D eigenvalue weighted by atomic mass is 35.5. The Labute approximate surface area is 137 Å². The first-order chi connectivity index (χ1) is 10.9. The molecule has 0 aliphatic rings. The number of nitrogens with zero attached hydrogens (tertiary/aromatic N) is 2. The molecule has 8 heteroatoms. The van der Waals surface area contributed by atoms with Gasteiger partial charge in [-0.1, -0.05) is 11.6 Å². The minimum atomic E-state index is -1.04. The van der Waals surface area contributed by atoms with Crippen molar-refractivity contribution in [3.8, 4) is 5.69 Å². The van der Waals surface area contributed by atoms with E-state index in [4.69, 9.17) is 21.4 Å².